The van der Waals surface area contributed by atoms with Crippen molar-refractivity contribution in [1.82, 2.24) is 0 Å². The summed E-state index contributed by atoms with van der Waals surface area (Å²) in [5.74, 6) is 0. The molecule has 0 aromatic carbocycles. The normalized spacial score (nSPS) is 11.2. The van der Waals surface area contributed by atoms with E-state index in [-0.39, 0.29) is 12.0 Å². The maximum Gasteiger partial charge on any atom is 0.584 e. The van der Waals surface area contributed by atoms with Crippen molar-refractivity contribution in [2.24, 2.45) is 5.41 Å². The molecule has 0 aromatic rings. The van der Waals surface area contributed by atoms with Gasteiger partial charge in [0.15, 0.2) is 0 Å². The fourth-order valence-electron chi connectivity index (χ4n) is 0.253. The molecule has 0 spiro atoms. The minimum atomic E-state index is -1.78. The Morgan fingerprint density at radius 1 is 1.36 bits per heavy atom. The molecule has 0 fully saturated rings. The smallest absolute Gasteiger partial charge is 0.226 e. The van der Waals surface area contributed by atoms with E-state index in [2.05, 4.69) is 14.8 Å². The summed E-state index contributed by atoms with van der Waals surface area (Å²) in [6.07, 6.45) is -1.78. The maximum atomic E-state index is 9.59. The first-order valence-electron chi connectivity index (χ1n) is 3.09. The highest BCUT2D eigenvalue weighted by molar-refractivity contribution is 5.55. The Hall–Kier alpha value is -0.810. The molecule has 11 heavy (non-hydrogen) atoms. The predicted molar refractivity (Wildman–Crippen MR) is 33.7 cm³/mol. The Morgan fingerprint density at radius 2 is 1.91 bits per heavy atom. The van der Waals surface area contributed by atoms with Gasteiger partial charge in [-0.2, -0.15) is 14.8 Å². The van der Waals surface area contributed by atoms with Crippen LogP contribution in [0.3, 0.4) is 0 Å². The van der Waals surface area contributed by atoms with E-state index in [1.807, 2.05) is 20.8 Å². The van der Waals surface area contributed by atoms with Crippen molar-refractivity contribution in [3.8, 4) is 0 Å². The fourth-order valence-corrected chi connectivity index (χ4v) is 0.253. The van der Waals surface area contributed by atoms with Crippen LogP contribution in [0, 0.1) is 5.41 Å². The van der Waals surface area contributed by atoms with Crippen LogP contribution in [0.5, 0.6) is 0 Å². The Balaban J connectivity index is 3.22. The molecule has 0 saturated carbocycles. The van der Waals surface area contributed by atoms with E-state index in [1.54, 1.807) is 0 Å². The second-order valence-electron chi connectivity index (χ2n) is 3.22. The molecule has 0 aromatic heterocycles. The highest BCUT2D eigenvalue weighted by atomic mass is 17.5. The molecule has 0 aliphatic rings. The molecule has 5 nitrogen and oxygen atoms in total. The molecule has 0 heterocycles. The van der Waals surface area contributed by atoms with Gasteiger partial charge in [0.05, 0.1) is 6.61 Å². The molecular formula is C6H11O5. The number of carbonyl (C=O) groups is 1. The average Bonchev–Trinajstić information content (AvgIpc) is 1.78. The lowest BCUT2D eigenvalue weighted by Crippen LogP contribution is -2.15. The van der Waals surface area contributed by atoms with Crippen molar-refractivity contribution >= 4 is 6.16 Å². The lowest BCUT2D eigenvalue weighted by Gasteiger charge is -2.14. The molecule has 0 saturated heterocycles. The Kier molecular flexibility index (Phi) is 3.84. The van der Waals surface area contributed by atoms with E-state index in [9.17, 15) is 9.90 Å². The van der Waals surface area contributed by atoms with Crippen LogP contribution < -0.4 is 0 Å². The quantitative estimate of drug-likeness (QED) is 0.359. The molecule has 0 bridgehead atoms. The first-order chi connectivity index (χ1) is 4.92. The summed E-state index contributed by atoms with van der Waals surface area (Å²) in [6.45, 7) is 5.93. The molecule has 0 unspecified atom stereocenters. The maximum absolute atomic E-state index is 9.59. The third-order valence-corrected chi connectivity index (χ3v) is 0.642. The zero-order valence-electron chi connectivity index (χ0n) is 6.75. The second kappa shape index (κ2) is 4.15. The Morgan fingerprint density at radius 3 is 2.27 bits per heavy atom. The molecule has 0 amide bonds. The molecule has 0 atom stereocenters. The van der Waals surface area contributed by atoms with E-state index >= 15 is 0 Å². The van der Waals surface area contributed by atoms with Crippen molar-refractivity contribution in [2.45, 2.75) is 20.8 Å². The van der Waals surface area contributed by atoms with Crippen LogP contribution in [-0.4, -0.2) is 12.8 Å². The zero-order chi connectivity index (χ0) is 8.91. The Labute approximate surface area is 64.7 Å². The summed E-state index contributed by atoms with van der Waals surface area (Å²) in [5.41, 5.74) is -0.102. The monoisotopic (exact) mass is 163 g/mol. The van der Waals surface area contributed by atoms with Crippen LogP contribution in [-0.2, 0) is 19.9 Å². The van der Waals surface area contributed by atoms with Gasteiger partial charge in [-0.1, -0.05) is 20.8 Å². The largest absolute Gasteiger partial charge is 0.584 e. The SMILES string of the molecule is CC(C)(C)COOOC([O])=O. The minimum Gasteiger partial charge on any atom is -0.226 e. The highest BCUT2D eigenvalue weighted by Gasteiger charge is 2.11. The molecule has 1 radical (unpaired) electrons. The summed E-state index contributed by atoms with van der Waals surface area (Å²) >= 11 is 0. The molecule has 65 valence electrons. The van der Waals surface area contributed by atoms with E-state index in [1.165, 1.54) is 0 Å². The van der Waals surface area contributed by atoms with Crippen LogP contribution in [0.2, 0.25) is 0 Å². The third-order valence-electron chi connectivity index (χ3n) is 0.642. The summed E-state index contributed by atoms with van der Waals surface area (Å²) < 4.78 is 0. The highest BCUT2D eigenvalue weighted by Crippen LogP contribution is 2.12. The number of carbonyl (C=O) groups excluding carboxylic acids is 1. The standard InChI is InChI=1S/C6H11O5/c1-6(2,3)4-9-11-10-5(7)8/h4H2,1-3H3. The van der Waals surface area contributed by atoms with Crippen LogP contribution in [0.25, 0.3) is 0 Å². The number of hydrogen-bond donors (Lipinski definition) is 0. The fraction of sp³-hybridized carbons (Fsp3) is 0.833. The van der Waals surface area contributed by atoms with E-state index in [4.69, 9.17) is 0 Å². The molecule has 0 rings (SSSR count). The van der Waals surface area contributed by atoms with Crippen molar-refractivity contribution < 1.29 is 24.7 Å². The lowest BCUT2D eigenvalue weighted by molar-refractivity contribution is -0.491. The third kappa shape index (κ3) is 9.19. The van der Waals surface area contributed by atoms with Crippen molar-refractivity contribution in [1.29, 1.82) is 0 Å². The number of rotatable bonds is 3. The van der Waals surface area contributed by atoms with Crippen LogP contribution >= 0.6 is 0 Å². The van der Waals surface area contributed by atoms with Gasteiger partial charge in [-0.25, -0.2) is 4.89 Å². The van der Waals surface area contributed by atoms with Crippen LogP contribution in [0.4, 0.5) is 4.79 Å². The summed E-state index contributed by atoms with van der Waals surface area (Å²) in [4.78, 5) is 17.5. The van der Waals surface area contributed by atoms with E-state index < -0.39 is 6.16 Å². The van der Waals surface area contributed by atoms with Gasteiger partial charge in [0.25, 0.3) is 0 Å². The Bertz CT molecular complexity index is 125. The van der Waals surface area contributed by atoms with Gasteiger partial charge in [0.1, 0.15) is 0 Å². The summed E-state index contributed by atoms with van der Waals surface area (Å²) in [5, 5.41) is 13.4. The van der Waals surface area contributed by atoms with Gasteiger partial charge in [0, 0.05) is 0 Å². The molecule has 0 aliphatic heterocycles. The minimum absolute atomic E-state index is 0.102. The first-order valence-corrected chi connectivity index (χ1v) is 3.09. The molecule has 5 heteroatoms. The van der Waals surface area contributed by atoms with Gasteiger partial charge < -0.3 is 0 Å². The lowest BCUT2D eigenvalue weighted by atomic mass is 9.99. The van der Waals surface area contributed by atoms with Crippen LogP contribution in [0.15, 0.2) is 0 Å². The van der Waals surface area contributed by atoms with Crippen LogP contribution in [0.1, 0.15) is 20.8 Å². The summed E-state index contributed by atoms with van der Waals surface area (Å²) in [6, 6.07) is 0. The molecule has 0 aliphatic carbocycles. The molecule has 0 N–H and O–H groups in total. The van der Waals surface area contributed by atoms with Crippen molar-refractivity contribution in [3.05, 3.63) is 0 Å². The van der Waals surface area contributed by atoms with Crippen molar-refractivity contribution in [3.63, 3.8) is 0 Å². The van der Waals surface area contributed by atoms with Crippen molar-refractivity contribution in [2.75, 3.05) is 6.61 Å². The van der Waals surface area contributed by atoms with Gasteiger partial charge >= 0.3 is 6.16 Å². The first kappa shape index (κ1) is 10.2. The van der Waals surface area contributed by atoms with Gasteiger partial charge in [-0.15, -0.1) is 0 Å². The molecular weight excluding hydrogens is 152 g/mol. The van der Waals surface area contributed by atoms with E-state index in [0.717, 1.165) is 0 Å². The van der Waals surface area contributed by atoms with Gasteiger partial charge in [-0.3, -0.25) is 0 Å². The van der Waals surface area contributed by atoms with Gasteiger partial charge in [-0.05, 0) is 10.5 Å². The number of hydrogen-bond acceptors (Lipinski definition) is 4. The van der Waals surface area contributed by atoms with Gasteiger partial charge in [0.2, 0.25) is 0 Å². The average molecular weight is 163 g/mol. The summed E-state index contributed by atoms with van der Waals surface area (Å²) in [7, 11) is 0. The van der Waals surface area contributed by atoms with E-state index in [0.29, 0.717) is 0 Å². The zero-order valence-corrected chi connectivity index (χ0v) is 6.75. The topological polar surface area (TPSA) is 64.7 Å². The predicted octanol–water partition coefficient (Wildman–Crippen LogP) is 1.46. The second-order valence-corrected chi connectivity index (χ2v) is 3.22.